The fourth-order valence-electron chi connectivity index (χ4n) is 1.70. The van der Waals surface area contributed by atoms with Crippen LogP contribution in [0.3, 0.4) is 0 Å². The highest BCUT2D eigenvalue weighted by atomic mass is 16.6. The Bertz CT molecular complexity index is 512. The second kappa shape index (κ2) is 8.59. The summed E-state index contributed by atoms with van der Waals surface area (Å²) < 4.78 is 15.3. The lowest BCUT2D eigenvalue weighted by molar-refractivity contribution is -0.111. The van der Waals surface area contributed by atoms with Crippen molar-refractivity contribution in [3.63, 3.8) is 0 Å². The third-order valence-electron chi connectivity index (χ3n) is 2.75. The number of amides is 1. The number of phenols is 1. The first-order valence-electron chi connectivity index (χ1n) is 7.33. The number of hydrogen-bond donors (Lipinski definition) is 3. The van der Waals surface area contributed by atoms with Crippen LogP contribution in [0.15, 0.2) is 18.2 Å². The highest BCUT2D eigenvalue weighted by molar-refractivity contribution is 5.67. The Morgan fingerprint density at radius 2 is 2.04 bits per heavy atom. The Kier molecular flexibility index (Phi) is 7.12. The van der Waals surface area contributed by atoms with Crippen LogP contribution in [0.4, 0.5) is 4.79 Å². The van der Waals surface area contributed by atoms with Crippen LogP contribution in [-0.4, -0.2) is 41.9 Å². The van der Waals surface area contributed by atoms with Gasteiger partial charge in [-0.05, 0) is 38.5 Å². The van der Waals surface area contributed by atoms with Gasteiger partial charge in [0, 0.05) is 13.0 Å². The topological polar surface area (TPSA) is 97.2 Å². The standard InChI is InChI=1S/C16H25NO6/c1-16(2,3)23-15(20)17-8-7-14(19)22-10-11-5-6-12(18)13(9-11)21-4/h5-6,9,14,18-19H,7-8,10H2,1-4H3,(H,17,20). The molecule has 0 aliphatic heterocycles. The number of carbonyl (C=O) groups excluding carboxylic acids is 1. The number of carbonyl (C=O) groups is 1. The van der Waals surface area contributed by atoms with E-state index in [1.165, 1.54) is 13.2 Å². The largest absolute Gasteiger partial charge is 0.504 e. The van der Waals surface area contributed by atoms with Gasteiger partial charge in [-0.15, -0.1) is 0 Å². The smallest absolute Gasteiger partial charge is 0.407 e. The Balaban J connectivity index is 2.29. The van der Waals surface area contributed by atoms with Gasteiger partial charge in [-0.2, -0.15) is 0 Å². The summed E-state index contributed by atoms with van der Waals surface area (Å²) in [5.74, 6) is 0.380. The maximum atomic E-state index is 11.4. The fraction of sp³-hybridized carbons (Fsp3) is 0.562. The second-order valence-electron chi connectivity index (χ2n) is 5.99. The summed E-state index contributed by atoms with van der Waals surface area (Å²) in [7, 11) is 1.46. The number of alkyl carbamates (subject to hydrolysis) is 1. The van der Waals surface area contributed by atoms with Gasteiger partial charge in [0.25, 0.3) is 0 Å². The predicted octanol–water partition coefficient (Wildman–Crippen LogP) is 2.15. The van der Waals surface area contributed by atoms with Crippen molar-refractivity contribution in [1.29, 1.82) is 0 Å². The van der Waals surface area contributed by atoms with Crippen molar-refractivity contribution in [2.45, 2.75) is 45.7 Å². The first kappa shape index (κ1) is 19.1. The maximum absolute atomic E-state index is 11.4. The molecule has 0 saturated heterocycles. The van der Waals surface area contributed by atoms with Gasteiger partial charge in [-0.25, -0.2) is 4.79 Å². The van der Waals surface area contributed by atoms with Crippen LogP contribution in [-0.2, 0) is 16.1 Å². The lowest BCUT2D eigenvalue weighted by Crippen LogP contribution is -2.34. The Morgan fingerprint density at radius 3 is 2.65 bits per heavy atom. The molecule has 0 aromatic heterocycles. The molecule has 130 valence electrons. The number of ether oxygens (including phenoxy) is 3. The number of aliphatic hydroxyl groups is 1. The Hall–Kier alpha value is -1.99. The monoisotopic (exact) mass is 327 g/mol. The highest BCUT2D eigenvalue weighted by Crippen LogP contribution is 2.26. The average Bonchev–Trinajstić information content (AvgIpc) is 2.44. The van der Waals surface area contributed by atoms with Crippen molar-refractivity contribution >= 4 is 6.09 Å². The number of benzene rings is 1. The molecule has 0 aliphatic carbocycles. The van der Waals surface area contributed by atoms with Gasteiger partial charge in [0.1, 0.15) is 5.60 Å². The molecule has 7 nitrogen and oxygen atoms in total. The molecular formula is C16H25NO6. The third-order valence-corrected chi connectivity index (χ3v) is 2.75. The number of aliphatic hydroxyl groups excluding tert-OH is 1. The Labute approximate surface area is 136 Å². The molecule has 1 aromatic carbocycles. The van der Waals surface area contributed by atoms with E-state index in [-0.39, 0.29) is 25.3 Å². The summed E-state index contributed by atoms with van der Waals surface area (Å²) in [5.41, 5.74) is 0.190. The summed E-state index contributed by atoms with van der Waals surface area (Å²) >= 11 is 0. The van der Waals surface area contributed by atoms with E-state index in [0.29, 0.717) is 5.75 Å². The van der Waals surface area contributed by atoms with Gasteiger partial charge in [-0.1, -0.05) is 6.07 Å². The molecular weight excluding hydrogens is 302 g/mol. The van der Waals surface area contributed by atoms with Crippen molar-refractivity contribution in [2.24, 2.45) is 0 Å². The summed E-state index contributed by atoms with van der Waals surface area (Å²) in [5, 5.41) is 21.8. The first-order chi connectivity index (χ1) is 10.7. The SMILES string of the molecule is COc1cc(COC(O)CCNC(=O)OC(C)(C)C)ccc1O. The van der Waals surface area contributed by atoms with Crippen LogP contribution >= 0.6 is 0 Å². The van der Waals surface area contributed by atoms with Crippen LogP contribution in [0, 0.1) is 0 Å². The minimum atomic E-state index is -1.02. The Morgan fingerprint density at radius 1 is 1.35 bits per heavy atom. The van der Waals surface area contributed by atoms with Gasteiger partial charge in [0.2, 0.25) is 0 Å². The minimum Gasteiger partial charge on any atom is -0.504 e. The van der Waals surface area contributed by atoms with E-state index < -0.39 is 18.0 Å². The molecule has 0 bridgehead atoms. The minimum absolute atomic E-state index is 0.0401. The lowest BCUT2D eigenvalue weighted by atomic mass is 10.2. The van der Waals surface area contributed by atoms with E-state index in [9.17, 15) is 15.0 Å². The molecule has 7 heteroatoms. The number of rotatable bonds is 7. The lowest BCUT2D eigenvalue weighted by Gasteiger charge is -2.20. The van der Waals surface area contributed by atoms with Crippen LogP contribution in [0.1, 0.15) is 32.8 Å². The normalized spacial score (nSPS) is 12.6. The predicted molar refractivity (Wildman–Crippen MR) is 84.3 cm³/mol. The van der Waals surface area contributed by atoms with Crippen molar-refractivity contribution in [3.05, 3.63) is 23.8 Å². The van der Waals surface area contributed by atoms with Gasteiger partial charge in [-0.3, -0.25) is 0 Å². The molecule has 0 saturated carbocycles. The van der Waals surface area contributed by atoms with E-state index in [4.69, 9.17) is 14.2 Å². The van der Waals surface area contributed by atoms with Crippen molar-refractivity contribution in [2.75, 3.05) is 13.7 Å². The molecule has 1 unspecified atom stereocenters. The van der Waals surface area contributed by atoms with Gasteiger partial charge < -0.3 is 29.7 Å². The van der Waals surface area contributed by atoms with Crippen LogP contribution in [0.25, 0.3) is 0 Å². The van der Waals surface area contributed by atoms with E-state index in [1.54, 1.807) is 32.9 Å². The number of aromatic hydroxyl groups is 1. The zero-order chi connectivity index (χ0) is 17.5. The molecule has 0 radical (unpaired) electrons. The molecule has 0 fully saturated rings. The highest BCUT2D eigenvalue weighted by Gasteiger charge is 2.16. The van der Waals surface area contributed by atoms with E-state index >= 15 is 0 Å². The quantitative estimate of drug-likeness (QED) is 0.664. The van der Waals surface area contributed by atoms with E-state index in [1.807, 2.05) is 0 Å². The van der Waals surface area contributed by atoms with Gasteiger partial charge >= 0.3 is 6.09 Å². The van der Waals surface area contributed by atoms with Crippen molar-refractivity contribution < 1.29 is 29.2 Å². The van der Waals surface area contributed by atoms with Gasteiger partial charge in [0.05, 0.1) is 13.7 Å². The molecule has 3 N–H and O–H groups in total. The van der Waals surface area contributed by atoms with Crippen molar-refractivity contribution in [1.82, 2.24) is 5.32 Å². The summed E-state index contributed by atoms with van der Waals surface area (Å²) in [6.45, 7) is 5.71. The second-order valence-corrected chi connectivity index (χ2v) is 5.99. The summed E-state index contributed by atoms with van der Waals surface area (Å²) in [6, 6.07) is 4.79. The van der Waals surface area contributed by atoms with Crippen LogP contribution < -0.4 is 10.1 Å². The molecule has 0 spiro atoms. The molecule has 1 amide bonds. The van der Waals surface area contributed by atoms with E-state index in [2.05, 4.69) is 5.32 Å². The zero-order valence-electron chi connectivity index (χ0n) is 14.0. The number of hydrogen-bond acceptors (Lipinski definition) is 6. The van der Waals surface area contributed by atoms with E-state index in [0.717, 1.165) is 5.56 Å². The fourth-order valence-corrected chi connectivity index (χ4v) is 1.70. The van der Waals surface area contributed by atoms with Crippen molar-refractivity contribution in [3.8, 4) is 11.5 Å². The average molecular weight is 327 g/mol. The number of nitrogens with one attached hydrogen (secondary N) is 1. The molecule has 0 aliphatic rings. The summed E-state index contributed by atoms with van der Waals surface area (Å²) in [4.78, 5) is 11.4. The molecule has 0 heterocycles. The molecule has 1 rings (SSSR count). The molecule has 1 aromatic rings. The number of methoxy groups -OCH3 is 1. The first-order valence-corrected chi connectivity index (χ1v) is 7.33. The summed E-state index contributed by atoms with van der Waals surface area (Å²) in [6.07, 6.45) is -1.33. The third kappa shape index (κ3) is 7.71. The zero-order valence-corrected chi connectivity index (χ0v) is 14.0. The van der Waals surface area contributed by atoms with Gasteiger partial charge in [0.15, 0.2) is 17.8 Å². The number of phenolic OH excluding ortho intramolecular Hbond substituents is 1. The molecule has 1 atom stereocenters. The maximum Gasteiger partial charge on any atom is 0.407 e. The van der Waals surface area contributed by atoms with Crippen LogP contribution in [0.2, 0.25) is 0 Å². The van der Waals surface area contributed by atoms with Crippen LogP contribution in [0.5, 0.6) is 11.5 Å². The molecule has 23 heavy (non-hydrogen) atoms.